The number of hydrogen-bond acceptors (Lipinski definition) is 2. The molecule has 3 heteroatoms. The third-order valence-electron chi connectivity index (χ3n) is 3.74. The average Bonchev–Trinajstić information content (AvgIpc) is 2.55. The molecular weight excluding hydrogens is 379 g/mol. The molecular formula is C19H35O2Sn. The van der Waals surface area contributed by atoms with Gasteiger partial charge in [0.15, 0.2) is 11.5 Å². The zero-order valence-corrected chi connectivity index (χ0v) is 17.9. The van der Waals surface area contributed by atoms with Gasteiger partial charge in [0.2, 0.25) is 0 Å². The van der Waals surface area contributed by atoms with E-state index in [9.17, 15) is 0 Å². The third kappa shape index (κ3) is 11.2. The SMILES string of the molecule is CCC[CH2][Sn]([CH2]CCC)[CH2]CCC.COc1ccccc1O. The summed E-state index contributed by atoms with van der Waals surface area (Å²) in [6.07, 6.45) is 8.85. The number of hydrogen-bond donors (Lipinski definition) is 1. The number of benzene rings is 1. The van der Waals surface area contributed by atoms with Crippen LogP contribution in [0.2, 0.25) is 13.3 Å². The van der Waals surface area contributed by atoms with Gasteiger partial charge in [-0.05, 0) is 12.1 Å². The van der Waals surface area contributed by atoms with Crippen molar-refractivity contribution in [3.63, 3.8) is 0 Å². The molecule has 0 unspecified atom stereocenters. The van der Waals surface area contributed by atoms with Crippen LogP contribution in [0.15, 0.2) is 24.3 Å². The number of unbranched alkanes of at least 4 members (excludes halogenated alkanes) is 3. The number of rotatable bonds is 10. The summed E-state index contributed by atoms with van der Waals surface area (Å²) < 4.78 is 9.83. The Morgan fingerprint density at radius 1 is 0.864 bits per heavy atom. The van der Waals surface area contributed by atoms with Gasteiger partial charge in [0, 0.05) is 0 Å². The van der Waals surface area contributed by atoms with Crippen LogP contribution in [0.4, 0.5) is 0 Å². The molecule has 0 heterocycles. The maximum absolute atomic E-state index is 8.99. The van der Waals surface area contributed by atoms with Crippen molar-refractivity contribution in [1.82, 2.24) is 0 Å². The van der Waals surface area contributed by atoms with Gasteiger partial charge >= 0.3 is 92.4 Å². The number of para-hydroxylation sites is 2. The van der Waals surface area contributed by atoms with E-state index in [-0.39, 0.29) is 5.75 Å². The fourth-order valence-electron chi connectivity index (χ4n) is 2.29. The molecule has 0 spiro atoms. The minimum atomic E-state index is -0.839. The standard InChI is InChI=1S/C7H8O2.3C4H9.Sn/c1-9-7-5-3-2-4-6(7)8;3*1-3-4-2;/h2-5,8H,1H3;3*1,3-4H2,2H3;. The summed E-state index contributed by atoms with van der Waals surface area (Å²) in [5.74, 6) is 0.692. The Labute approximate surface area is 145 Å². The average molecular weight is 414 g/mol. The molecule has 1 aromatic rings. The molecule has 0 atom stereocenters. The van der Waals surface area contributed by atoms with E-state index in [4.69, 9.17) is 9.84 Å². The summed E-state index contributed by atoms with van der Waals surface area (Å²) in [5.41, 5.74) is 0. The molecule has 1 N–H and O–H groups in total. The van der Waals surface area contributed by atoms with Gasteiger partial charge in [0.05, 0.1) is 7.11 Å². The topological polar surface area (TPSA) is 29.5 Å². The Morgan fingerprint density at radius 3 is 1.64 bits per heavy atom. The monoisotopic (exact) mass is 415 g/mol. The van der Waals surface area contributed by atoms with E-state index < -0.39 is 19.8 Å². The van der Waals surface area contributed by atoms with E-state index in [0.717, 1.165) is 0 Å². The molecule has 0 bridgehead atoms. The van der Waals surface area contributed by atoms with Crippen LogP contribution in [0.25, 0.3) is 0 Å². The molecule has 0 aliphatic rings. The predicted molar refractivity (Wildman–Crippen MR) is 99.6 cm³/mol. The number of phenolic OH excluding ortho intramolecular Hbond substituents is 1. The minimum absolute atomic E-state index is 0.181. The van der Waals surface area contributed by atoms with Crippen molar-refractivity contribution in [2.75, 3.05) is 7.11 Å². The van der Waals surface area contributed by atoms with Crippen molar-refractivity contribution in [2.24, 2.45) is 0 Å². The van der Waals surface area contributed by atoms with Crippen LogP contribution in [0.5, 0.6) is 11.5 Å². The van der Waals surface area contributed by atoms with Crippen LogP contribution in [0.1, 0.15) is 59.3 Å². The smallest absolute Gasteiger partial charge is 0.160 e. The molecule has 0 amide bonds. The maximum atomic E-state index is 8.99. The number of ether oxygens (including phenoxy) is 1. The second-order valence-corrected chi connectivity index (χ2v) is 14.3. The summed E-state index contributed by atoms with van der Waals surface area (Å²) in [7, 11) is 1.52. The molecule has 127 valence electrons. The van der Waals surface area contributed by atoms with Gasteiger partial charge in [-0.15, -0.1) is 0 Å². The van der Waals surface area contributed by atoms with Gasteiger partial charge in [-0.25, -0.2) is 0 Å². The molecule has 0 saturated carbocycles. The molecule has 1 aromatic carbocycles. The molecule has 0 aliphatic carbocycles. The van der Waals surface area contributed by atoms with E-state index in [1.165, 1.54) is 45.6 Å². The molecule has 1 rings (SSSR count). The summed E-state index contributed by atoms with van der Waals surface area (Å²) in [5, 5.41) is 8.99. The Bertz CT molecular complexity index is 336. The quantitative estimate of drug-likeness (QED) is 0.457. The molecule has 0 aromatic heterocycles. The Balaban J connectivity index is 0.000000425. The second-order valence-electron chi connectivity index (χ2n) is 5.73. The zero-order chi connectivity index (χ0) is 16.6. The fraction of sp³-hybridized carbons (Fsp3) is 0.684. The Morgan fingerprint density at radius 2 is 1.32 bits per heavy atom. The largest absolute Gasteiger partial charge is 0.504 e. The minimum Gasteiger partial charge on any atom is -0.504 e. The van der Waals surface area contributed by atoms with E-state index in [1.807, 2.05) is 0 Å². The Kier molecular flexibility index (Phi) is 15.2. The van der Waals surface area contributed by atoms with Crippen molar-refractivity contribution in [3.8, 4) is 11.5 Å². The van der Waals surface area contributed by atoms with E-state index in [1.54, 1.807) is 37.6 Å². The Hall–Kier alpha value is -0.381. The molecule has 0 aliphatic heterocycles. The van der Waals surface area contributed by atoms with Crippen molar-refractivity contribution in [3.05, 3.63) is 24.3 Å². The summed E-state index contributed by atoms with van der Waals surface area (Å²) in [6, 6.07) is 6.84. The molecule has 22 heavy (non-hydrogen) atoms. The predicted octanol–water partition coefficient (Wildman–Crippen LogP) is 6.28. The first kappa shape index (κ1) is 21.6. The zero-order valence-electron chi connectivity index (χ0n) is 15.0. The molecule has 1 radical (unpaired) electrons. The van der Waals surface area contributed by atoms with Gasteiger partial charge in [0.25, 0.3) is 0 Å². The van der Waals surface area contributed by atoms with Gasteiger partial charge in [-0.1, -0.05) is 12.1 Å². The normalized spacial score (nSPS) is 10.2. The summed E-state index contributed by atoms with van der Waals surface area (Å²) in [6.45, 7) is 7.00. The molecule has 0 fully saturated rings. The van der Waals surface area contributed by atoms with Crippen LogP contribution in [0.3, 0.4) is 0 Å². The van der Waals surface area contributed by atoms with Gasteiger partial charge < -0.3 is 9.84 Å². The first-order valence-corrected chi connectivity index (χ1v) is 14.9. The first-order valence-electron chi connectivity index (χ1n) is 8.85. The van der Waals surface area contributed by atoms with Crippen molar-refractivity contribution < 1.29 is 9.84 Å². The number of methoxy groups -OCH3 is 1. The van der Waals surface area contributed by atoms with E-state index in [0.29, 0.717) is 5.75 Å². The van der Waals surface area contributed by atoms with Crippen molar-refractivity contribution in [2.45, 2.75) is 72.6 Å². The number of phenols is 1. The van der Waals surface area contributed by atoms with Crippen LogP contribution in [-0.4, -0.2) is 32.0 Å². The van der Waals surface area contributed by atoms with Gasteiger partial charge in [-0.3, -0.25) is 0 Å². The summed E-state index contributed by atoms with van der Waals surface area (Å²) in [4.78, 5) is 0. The molecule has 0 saturated heterocycles. The van der Waals surface area contributed by atoms with Crippen LogP contribution in [-0.2, 0) is 0 Å². The molecule has 2 nitrogen and oxygen atoms in total. The van der Waals surface area contributed by atoms with E-state index in [2.05, 4.69) is 20.8 Å². The van der Waals surface area contributed by atoms with Crippen LogP contribution >= 0.6 is 0 Å². The number of aromatic hydroxyl groups is 1. The van der Waals surface area contributed by atoms with Crippen LogP contribution < -0.4 is 4.74 Å². The van der Waals surface area contributed by atoms with Crippen molar-refractivity contribution in [1.29, 1.82) is 0 Å². The second kappa shape index (κ2) is 15.5. The first-order chi connectivity index (χ1) is 10.7. The van der Waals surface area contributed by atoms with Gasteiger partial charge in [0.1, 0.15) is 0 Å². The van der Waals surface area contributed by atoms with Crippen molar-refractivity contribution >= 4 is 19.8 Å². The van der Waals surface area contributed by atoms with Crippen LogP contribution in [0, 0.1) is 0 Å². The third-order valence-corrected chi connectivity index (χ3v) is 12.8. The van der Waals surface area contributed by atoms with Gasteiger partial charge in [-0.2, -0.15) is 0 Å². The van der Waals surface area contributed by atoms with E-state index >= 15 is 0 Å². The maximum Gasteiger partial charge on any atom is 0.160 e. The summed E-state index contributed by atoms with van der Waals surface area (Å²) >= 11 is -0.839. The fourth-order valence-corrected chi connectivity index (χ4v) is 11.7.